The molecule has 2 aliphatic heterocycles. The number of rotatable bonds is 6. The number of piperidine rings is 1. The number of Topliss-reactive ketones (excluding diaryl/α,β-unsaturated/α-hetero) is 1. The van der Waals surface area contributed by atoms with Crippen molar-refractivity contribution in [2.75, 3.05) is 13.1 Å². The van der Waals surface area contributed by atoms with Gasteiger partial charge in [0.2, 0.25) is 0 Å². The van der Waals surface area contributed by atoms with Gasteiger partial charge in [-0.05, 0) is 34.1 Å². The molecule has 1 saturated carbocycles. The minimum absolute atomic E-state index is 0.153. The summed E-state index contributed by atoms with van der Waals surface area (Å²) in [5, 5.41) is 0. The molecule has 3 rings (SSSR count). The van der Waals surface area contributed by atoms with Crippen molar-refractivity contribution in [2.45, 2.75) is 69.2 Å². The average molecular weight is 375 g/mol. The van der Waals surface area contributed by atoms with Crippen LogP contribution in [-0.4, -0.2) is 59.0 Å². The van der Waals surface area contributed by atoms with Crippen molar-refractivity contribution in [1.29, 1.82) is 0 Å². The fourth-order valence-electron chi connectivity index (χ4n) is 4.15. The van der Waals surface area contributed by atoms with Crippen LogP contribution in [0.25, 0.3) is 0 Å². The zero-order valence-corrected chi connectivity index (χ0v) is 16.9. The van der Waals surface area contributed by atoms with Crippen LogP contribution in [0.2, 0.25) is 0 Å². The van der Waals surface area contributed by atoms with Crippen LogP contribution in [-0.2, 0) is 9.32 Å². The molecule has 3 aliphatic rings. The lowest BCUT2D eigenvalue weighted by Crippen LogP contribution is -2.47. The first kappa shape index (κ1) is 18.2. The topological polar surface area (TPSA) is 45.1 Å². The lowest BCUT2D eigenvalue weighted by atomic mass is 9.90. The number of ketones is 1. The summed E-state index contributed by atoms with van der Waals surface area (Å²) in [6.45, 7) is 1.58. The van der Waals surface area contributed by atoms with E-state index >= 15 is 0 Å². The molecule has 0 aromatic rings. The van der Waals surface area contributed by atoms with E-state index in [0.29, 0.717) is 39.3 Å². The van der Waals surface area contributed by atoms with Crippen molar-refractivity contribution < 1.29 is 9.32 Å². The molecule has 0 N–H and O–H groups in total. The molecule has 8 heteroatoms. The summed E-state index contributed by atoms with van der Waals surface area (Å²) in [6.07, 6.45) is 9.76. The highest BCUT2D eigenvalue weighted by molar-refractivity contribution is 8.01. The van der Waals surface area contributed by atoms with Crippen LogP contribution in [0.4, 0.5) is 0 Å². The molecule has 2 heterocycles. The minimum Gasteiger partial charge on any atom is -0.361 e. The monoisotopic (exact) mass is 375 g/mol. The van der Waals surface area contributed by atoms with E-state index in [2.05, 4.69) is 33.0 Å². The van der Waals surface area contributed by atoms with Gasteiger partial charge in [0.05, 0.1) is 31.1 Å². The normalized spacial score (nSPS) is 35.1. The zero-order chi connectivity index (χ0) is 16.2. The van der Waals surface area contributed by atoms with Gasteiger partial charge in [0.25, 0.3) is 0 Å². The molecule has 1 aliphatic carbocycles. The fraction of sp³-hybridized carbons (Fsp3) is 0.867. The molecule has 7 atom stereocenters. The molecule has 5 nitrogen and oxygen atoms in total. The largest absolute Gasteiger partial charge is 0.361 e. The maximum atomic E-state index is 12.7. The van der Waals surface area contributed by atoms with E-state index in [1.54, 1.807) is 0 Å². The molecule has 0 amide bonds. The molecular weight excluding hydrogens is 347 g/mol. The average Bonchev–Trinajstić information content (AvgIpc) is 2.98. The Morgan fingerprint density at radius 3 is 2.91 bits per heavy atom. The van der Waals surface area contributed by atoms with E-state index in [1.165, 1.54) is 25.7 Å². The Bertz CT molecular complexity index is 440. The lowest BCUT2D eigenvalue weighted by molar-refractivity contribution is -0.121. The Balaban J connectivity index is 1.56. The number of nitrogens with zero attached hydrogens (tertiary/aromatic N) is 3. The second kappa shape index (κ2) is 8.63. The Labute approximate surface area is 145 Å². The van der Waals surface area contributed by atoms with Gasteiger partial charge >= 0.3 is 0 Å². The van der Waals surface area contributed by atoms with Crippen molar-refractivity contribution in [3.63, 3.8) is 0 Å². The van der Waals surface area contributed by atoms with Gasteiger partial charge in [-0.1, -0.05) is 21.8 Å². The fourth-order valence-corrected chi connectivity index (χ4v) is 6.17. The van der Waals surface area contributed by atoms with Crippen LogP contribution < -0.4 is 0 Å². The highest BCUT2D eigenvalue weighted by Crippen LogP contribution is 2.37. The minimum atomic E-state index is 0.153. The number of hydrogen-bond acceptors (Lipinski definition) is 5. The molecule has 1 saturated heterocycles. The van der Waals surface area contributed by atoms with E-state index in [9.17, 15) is 4.79 Å². The van der Waals surface area contributed by atoms with Crippen LogP contribution >= 0.6 is 26.8 Å². The lowest BCUT2D eigenvalue weighted by Gasteiger charge is -2.39. The summed E-state index contributed by atoms with van der Waals surface area (Å²) in [6, 6.07) is 1.11. The summed E-state index contributed by atoms with van der Waals surface area (Å²) in [4.78, 5) is 19.5. The summed E-state index contributed by atoms with van der Waals surface area (Å²) in [5.74, 6) is 0.315. The van der Waals surface area contributed by atoms with Gasteiger partial charge in [0, 0.05) is 28.5 Å². The summed E-state index contributed by atoms with van der Waals surface area (Å²) >= 11 is 0. The predicted octanol–water partition coefficient (Wildman–Crippen LogP) is 2.62. The summed E-state index contributed by atoms with van der Waals surface area (Å²) in [5.41, 5.74) is 0. The zero-order valence-electron chi connectivity index (χ0n) is 13.6. The highest BCUT2D eigenvalue weighted by Gasteiger charge is 2.36. The Kier molecular flexibility index (Phi) is 6.81. The Morgan fingerprint density at radius 2 is 2.13 bits per heavy atom. The molecule has 0 bridgehead atoms. The Morgan fingerprint density at radius 1 is 1.30 bits per heavy atom. The number of hydrogen-bond donors (Lipinski definition) is 0. The van der Waals surface area contributed by atoms with Crippen LogP contribution in [0.5, 0.6) is 0 Å². The third kappa shape index (κ3) is 4.31. The van der Waals surface area contributed by atoms with E-state index in [1.807, 2.05) is 6.34 Å². The van der Waals surface area contributed by atoms with Gasteiger partial charge in [-0.25, -0.2) is 0 Å². The first-order valence-corrected chi connectivity index (χ1v) is 11.8. The summed E-state index contributed by atoms with van der Waals surface area (Å²) < 4.78 is 7.96. The van der Waals surface area contributed by atoms with Crippen LogP contribution in [0.1, 0.15) is 44.9 Å². The van der Waals surface area contributed by atoms with Crippen molar-refractivity contribution in [3.05, 3.63) is 0 Å². The maximum Gasteiger partial charge on any atom is 0.153 e. The van der Waals surface area contributed by atoms with Gasteiger partial charge in [0.1, 0.15) is 0 Å². The molecule has 0 radical (unpaired) electrons. The quantitative estimate of drug-likeness (QED) is 0.670. The van der Waals surface area contributed by atoms with Gasteiger partial charge in [-0.15, -0.1) is 0 Å². The predicted molar refractivity (Wildman–Crippen MR) is 103 cm³/mol. The molecule has 5 unspecified atom stereocenters. The van der Waals surface area contributed by atoms with Crippen molar-refractivity contribution >= 4 is 38.9 Å². The van der Waals surface area contributed by atoms with E-state index in [0.717, 1.165) is 19.4 Å². The standard InChI is InChI=1S/C15H28N3O2P3/c19-11(8-14-15(20-21)6-3-7-18(14)23-22)9-17-10-16-12-4-1-2-5-13(12)17/h10,12-15,23H,1-9,21-22H2/t12?,13?,14-,15+/m1/s1. The van der Waals surface area contributed by atoms with Crippen molar-refractivity contribution in [3.8, 4) is 0 Å². The van der Waals surface area contributed by atoms with E-state index in [-0.39, 0.29) is 12.1 Å². The number of fused-ring (bicyclic) bond motifs is 1. The molecule has 0 aromatic heterocycles. The second-order valence-corrected chi connectivity index (χ2v) is 8.68. The van der Waals surface area contributed by atoms with Gasteiger partial charge < -0.3 is 9.42 Å². The summed E-state index contributed by atoms with van der Waals surface area (Å²) in [7, 11) is 5.85. The first-order chi connectivity index (χ1) is 11.2. The van der Waals surface area contributed by atoms with Crippen LogP contribution in [0, 0.1) is 0 Å². The van der Waals surface area contributed by atoms with Crippen molar-refractivity contribution in [1.82, 2.24) is 9.57 Å². The molecular formula is C15H28N3O2P3. The molecule has 0 spiro atoms. The highest BCUT2D eigenvalue weighted by atomic mass is 32.0. The van der Waals surface area contributed by atoms with Gasteiger partial charge in [0.15, 0.2) is 5.78 Å². The maximum absolute atomic E-state index is 12.7. The SMILES string of the molecule is O=C(C[C@@H]1[C@@H](OP)CCCN1PP)CN1C=NC2CCCCC21. The second-order valence-electron chi connectivity index (χ2n) is 6.81. The number of carbonyl (C=O) groups excluding carboxylic acids is 1. The molecule has 2 fully saturated rings. The number of carbonyl (C=O) groups is 1. The Hall–Kier alpha value is 0.350. The van der Waals surface area contributed by atoms with Crippen molar-refractivity contribution in [2.24, 2.45) is 4.99 Å². The van der Waals surface area contributed by atoms with Gasteiger partial charge in [-0.2, -0.15) is 0 Å². The van der Waals surface area contributed by atoms with Crippen LogP contribution in [0.3, 0.4) is 0 Å². The molecule has 23 heavy (non-hydrogen) atoms. The third-order valence-corrected chi connectivity index (χ3v) is 7.61. The smallest absolute Gasteiger partial charge is 0.153 e. The van der Waals surface area contributed by atoms with E-state index < -0.39 is 0 Å². The number of aliphatic imine (C=N–C) groups is 1. The third-order valence-electron chi connectivity index (χ3n) is 5.38. The van der Waals surface area contributed by atoms with Crippen LogP contribution in [0.15, 0.2) is 4.99 Å². The molecule has 130 valence electrons. The first-order valence-electron chi connectivity index (χ1n) is 8.62. The van der Waals surface area contributed by atoms with E-state index in [4.69, 9.17) is 4.52 Å². The molecule has 0 aromatic carbocycles. The van der Waals surface area contributed by atoms with Gasteiger partial charge in [-0.3, -0.25) is 14.5 Å².